The van der Waals surface area contributed by atoms with Gasteiger partial charge in [0.25, 0.3) is 10.1 Å². The maximum atomic E-state index is 12.6. The summed E-state index contributed by atoms with van der Waals surface area (Å²) in [5, 5.41) is 28.1. The second kappa shape index (κ2) is 9.38. The van der Waals surface area contributed by atoms with E-state index in [0.717, 1.165) is 12.7 Å². The van der Waals surface area contributed by atoms with Gasteiger partial charge in [0.15, 0.2) is 5.75 Å². The van der Waals surface area contributed by atoms with Crippen LogP contribution in [0.25, 0.3) is 10.8 Å². The van der Waals surface area contributed by atoms with Crippen molar-refractivity contribution in [1.82, 2.24) is 0 Å². The smallest absolute Gasteiger partial charge is 0.299 e. The van der Waals surface area contributed by atoms with E-state index >= 15 is 0 Å². The second-order valence-corrected chi connectivity index (χ2v) is 9.04. The molecule has 0 heterocycles. The molecule has 0 amide bonds. The summed E-state index contributed by atoms with van der Waals surface area (Å²) in [5.41, 5.74) is 8.62. The van der Waals surface area contributed by atoms with Gasteiger partial charge in [-0.1, -0.05) is 42.0 Å². The molecule has 0 unspecified atom stereocenters. The van der Waals surface area contributed by atoms with Gasteiger partial charge in [0.05, 0.1) is 29.6 Å². The quantitative estimate of drug-likeness (QED) is 0.184. The number of phenolic OH excluding ortho intramolecular Hbond substituents is 1. The molecule has 0 aromatic heterocycles. The van der Waals surface area contributed by atoms with E-state index in [4.69, 9.17) is 5.73 Å². The number of rotatable bonds is 6. The van der Waals surface area contributed by atoms with Gasteiger partial charge in [-0.3, -0.25) is 4.18 Å². The number of anilines is 1. The molecule has 3 N–H and O–H groups in total. The lowest BCUT2D eigenvalue weighted by Gasteiger charge is -2.12. The Hall–Kier alpha value is -4.15. The van der Waals surface area contributed by atoms with Gasteiger partial charge in [0, 0.05) is 0 Å². The van der Waals surface area contributed by atoms with E-state index in [1.54, 1.807) is 42.5 Å². The minimum absolute atomic E-state index is 0.114. The van der Waals surface area contributed by atoms with Gasteiger partial charge in [-0.25, -0.2) is 0 Å². The Balaban J connectivity index is 1.88. The van der Waals surface area contributed by atoms with Crippen LogP contribution in [-0.4, -0.2) is 20.6 Å². The number of fused-ring (bicyclic) bond motifs is 1. The molecule has 0 aliphatic rings. The minimum atomic E-state index is -4.22. The van der Waals surface area contributed by atoms with Crippen LogP contribution >= 0.6 is 0 Å². The lowest BCUT2D eigenvalue weighted by Crippen LogP contribution is -2.04. The number of nitrogen functional groups attached to an aromatic ring is 1. The van der Waals surface area contributed by atoms with E-state index in [0.29, 0.717) is 22.4 Å². The predicted molar refractivity (Wildman–Crippen MR) is 130 cm³/mol. The fraction of sp³-hybridized carbons (Fsp3) is 0.0833. The van der Waals surface area contributed by atoms with E-state index in [-0.39, 0.29) is 21.7 Å². The zero-order valence-corrected chi connectivity index (χ0v) is 19.2. The van der Waals surface area contributed by atoms with E-state index in [1.165, 1.54) is 6.07 Å². The molecule has 0 radical (unpaired) electrons. The van der Waals surface area contributed by atoms with Crippen LogP contribution in [0, 0.1) is 6.92 Å². The average Bonchev–Trinajstić information content (AvgIpc) is 2.84. The molecule has 0 saturated heterocycles. The van der Waals surface area contributed by atoms with E-state index < -0.39 is 15.9 Å². The van der Waals surface area contributed by atoms with Gasteiger partial charge in [-0.15, -0.1) is 10.2 Å². The Bertz CT molecular complexity index is 1520. The molecule has 0 aliphatic heterocycles. The average molecular weight is 476 g/mol. The number of aromatic hydroxyl groups is 1. The number of aryl methyl sites for hydroxylation is 1. The molecule has 4 aromatic carbocycles. The van der Waals surface area contributed by atoms with Crippen LogP contribution in [0.1, 0.15) is 5.56 Å². The van der Waals surface area contributed by atoms with Gasteiger partial charge in [-0.2, -0.15) is 18.6 Å². The van der Waals surface area contributed by atoms with Crippen LogP contribution in [0.15, 0.2) is 98.1 Å². The SMILES string of the molecule is COS(=O)(=O)c1cc2ccc(N=Nc3ccc(C)cc3)c(N)c2c(O)c1N=Nc1ccccc1. The molecule has 0 fully saturated rings. The monoisotopic (exact) mass is 475 g/mol. The highest BCUT2D eigenvalue weighted by molar-refractivity contribution is 7.87. The number of hydrogen-bond acceptors (Lipinski definition) is 9. The van der Waals surface area contributed by atoms with Crippen molar-refractivity contribution in [3.8, 4) is 5.75 Å². The van der Waals surface area contributed by atoms with Gasteiger partial charge in [0.1, 0.15) is 16.3 Å². The molecular formula is C24H21N5O4S. The van der Waals surface area contributed by atoms with Crippen LogP contribution in [0.5, 0.6) is 5.75 Å². The molecule has 0 bridgehead atoms. The molecule has 4 aromatic rings. The lowest BCUT2D eigenvalue weighted by molar-refractivity contribution is 0.397. The highest BCUT2D eigenvalue weighted by Crippen LogP contribution is 2.46. The first-order chi connectivity index (χ1) is 16.3. The summed E-state index contributed by atoms with van der Waals surface area (Å²) >= 11 is 0. The summed E-state index contributed by atoms with van der Waals surface area (Å²) < 4.78 is 29.8. The molecule has 9 nitrogen and oxygen atoms in total. The third-order valence-electron chi connectivity index (χ3n) is 5.05. The fourth-order valence-corrected chi connectivity index (χ4v) is 4.07. The van der Waals surface area contributed by atoms with Crippen molar-refractivity contribution in [3.05, 3.63) is 78.4 Å². The lowest BCUT2D eigenvalue weighted by atomic mass is 10.1. The highest BCUT2D eigenvalue weighted by atomic mass is 32.2. The van der Waals surface area contributed by atoms with Gasteiger partial charge in [-0.05, 0) is 48.7 Å². The maximum Gasteiger partial charge on any atom is 0.299 e. The summed E-state index contributed by atoms with van der Waals surface area (Å²) in [4.78, 5) is -0.340. The van der Waals surface area contributed by atoms with E-state index in [9.17, 15) is 13.5 Å². The summed E-state index contributed by atoms with van der Waals surface area (Å²) in [7, 11) is -3.19. The van der Waals surface area contributed by atoms with Crippen LogP contribution < -0.4 is 5.73 Å². The van der Waals surface area contributed by atoms with Crippen molar-refractivity contribution in [2.75, 3.05) is 12.8 Å². The van der Waals surface area contributed by atoms with Gasteiger partial charge in [0.2, 0.25) is 0 Å². The molecule has 0 atom stereocenters. The van der Waals surface area contributed by atoms with E-state index in [2.05, 4.69) is 24.6 Å². The second-order valence-electron chi connectivity index (χ2n) is 7.36. The molecular weight excluding hydrogens is 454 g/mol. The standard InChI is InChI=1S/C24H21N5O4S/c1-15-8-11-18(12-9-15)26-28-19-13-10-16-14-20(34(31,32)33-2)23(24(30)21(16)22(19)25)29-27-17-6-4-3-5-7-17/h3-14,30H,25H2,1-2H3. The summed E-state index contributed by atoms with van der Waals surface area (Å²) in [6.45, 7) is 1.97. The number of nitrogens with two attached hydrogens (primary N) is 1. The molecule has 172 valence electrons. The normalized spacial score (nSPS) is 12.2. The zero-order valence-electron chi connectivity index (χ0n) is 18.4. The Morgan fingerprint density at radius 2 is 1.50 bits per heavy atom. The maximum absolute atomic E-state index is 12.6. The predicted octanol–water partition coefficient (Wildman–Crippen LogP) is 6.60. The number of benzene rings is 4. The molecule has 10 heteroatoms. The van der Waals surface area contributed by atoms with Crippen molar-refractivity contribution >= 4 is 49.3 Å². The van der Waals surface area contributed by atoms with Gasteiger partial charge >= 0.3 is 0 Å². The number of azo groups is 2. The van der Waals surface area contributed by atoms with Crippen LogP contribution in [0.3, 0.4) is 0 Å². The minimum Gasteiger partial charge on any atom is -0.505 e. The Morgan fingerprint density at radius 3 is 2.18 bits per heavy atom. The van der Waals surface area contributed by atoms with Crippen LogP contribution in [0.2, 0.25) is 0 Å². The van der Waals surface area contributed by atoms with Crippen molar-refractivity contribution in [3.63, 3.8) is 0 Å². The van der Waals surface area contributed by atoms with Crippen molar-refractivity contribution in [2.24, 2.45) is 20.5 Å². The highest BCUT2D eigenvalue weighted by Gasteiger charge is 2.25. The van der Waals surface area contributed by atoms with Crippen molar-refractivity contribution < 1.29 is 17.7 Å². The zero-order chi connectivity index (χ0) is 24.3. The van der Waals surface area contributed by atoms with E-state index in [1.807, 2.05) is 31.2 Å². The van der Waals surface area contributed by atoms with Crippen molar-refractivity contribution in [1.29, 1.82) is 0 Å². The molecule has 0 spiro atoms. The fourth-order valence-electron chi connectivity index (χ4n) is 3.24. The Labute approximate surface area is 196 Å². The summed E-state index contributed by atoms with van der Waals surface area (Å²) in [5.74, 6) is -0.460. The summed E-state index contributed by atoms with van der Waals surface area (Å²) in [6, 6.07) is 20.6. The Morgan fingerprint density at radius 1 is 0.853 bits per heavy atom. The van der Waals surface area contributed by atoms with Gasteiger partial charge < -0.3 is 10.8 Å². The number of hydrogen-bond donors (Lipinski definition) is 2. The molecule has 0 aliphatic carbocycles. The first kappa shape index (κ1) is 23.0. The Kier molecular flexibility index (Phi) is 6.35. The third kappa shape index (κ3) is 4.63. The first-order valence-electron chi connectivity index (χ1n) is 10.1. The van der Waals surface area contributed by atoms with Crippen LogP contribution in [-0.2, 0) is 14.3 Å². The first-order valence-corrected chi connectivity index (χ1v) is 11.5. The molecule has 4 rings (SSSR count). The molecule has 34 heavy (non-hydrogen) atoms. The number of nitrogens with zero attached hydrogens (tertiary/aromatic N) is 4. The number of phenols is 1. The third-order valence-corrected chi connectivity index (χ3v) is 6.34. The molecule has 0 saturated carbocycles. The summed E-state index contributed by atoms with van der Waals surface area (Å²) in [6.07, 6.45) is 0. The van der Waals surface area contributed by atoms with Crippen LogP contribution in [0.4, 0.5) is 28.4 Å². The largest absolute Gasteiger partial charge is 0.505 e. The van der Waals surface area contributed by atoms with Crippen molar-refractivity contribution in [2.45, 2.75) is 11.8 Å². The topological polar surface area (TPSA) is 139 Å².